The van der Waals surface area contributed by atoms with E-state index in [0.29, 0.717) is 0 Å². The van der Waals surface area contributed by atoms with E-state index in [0.717, 1.165) is 12.5 Å². The van der Waals surface area contributed by atoms with Crippen LogP contribution < -0.4 is 0 Å². The second-order valence-corrected chi connectivity index (χ2v) is 5.62. The van der Waals surface area contributed by atoms with Crippen molar-refractivity contribution in [3.63, 3.8) is 0 Å². The molecule has 0 unspecified atom stereocenters. The highest BCUT2D eigenvalue weighted by molar-refractivity contribution is 5.85. The van der Waals surface area contributed by atoms with Crippen molar-refractivity contribution in [2.24, 2.45) is 0 Å². The van der Waals surface area contributed by atoms with Crippen molar-refractivity contribution in [3.05, 3.63) is 35.0 Å². The number of aryl methyl sites for hydroxylation is 1. The molecule has 2 aromatic rings. The minimum absolute atomic E-state index is 0.774. The highest BCUT2D eigenvalue weighted by Crippen LogP contribution is 2.38. The zero-order valence-corrected chi connectivity index (χ0v) is 10.3. The first-order valence-electron chi connectivity index (χ1n) is 6.65. The Kier molecular flexibility index (Phi) is 1.92. The van der Waals surface area contributed by atoms with E-state index in [-0.39, 0.29) is 0 Å². The van der Waals surface area contributed by atoms with Gasteiger partial charge in [-0.05, 0) is 50.6 Å². The molecule has 1 N–H and O–H groups in total. The van der Waals surface area contributed by atoms with Crippen molar-refractivity contribution in [3.8, 4) is 0 Å². The third-order valence-corrected chi connectivity index (χ3v) is 4.47. The fourth-order valence-electron chi connectivity index (χ4n) is 3.50. The summed E-state index contributed by atoms with van der Waals surface area (Å²) in [4.78, 5) is 6.29. The summed E-state index contributed by atoms with van der Waals surface area (Å²) in [5.41, 5.74) is 5.80. The Labute approximate surface area is 102 Å². The van der Waals surface area contributed by atoms with Crippen LogP contribution in [-0.4, -0.2) is 23.0 Å². The first-order chi connectivity index (χ1) is 8.31. The summed E-state index contributed by atoms with van der Waals surface area (Å²) in [5.74, 6) is 0.774. The Hall–Kier alpha value is -1.28. The van der Waals surface area contributed by atoms with Crippen molar-refractivity contribution >= 4 is 10.9 Å². The van der Waals surface area contributed by atoms with Gasteiger partial charge in [0.15, 0.2) is 0 Å². The number of aromatic amines is 1. The lowest BCUT2D eigenvalue weighted by atomic mass is 9.94. The van der Waals surface area contributed by atoms with Gasteiger partial charge in [0.1, 0.15) is 0 Å². The molecule has 2 heteroatoms. The van der Waals surface area contributed by atoms with Gasteiger partial charge in [-0.25, -0.2) is 0 Å². The number of hydrogen-bond acceptors (Lipinski definition) is 1. The lowest BCUT2D eigenvalue weighted by molar-refractivity contribution is 0.220. The average molecular weight is 226 g/mol. The third-order valence-electron chi connectivity index (χ3n) is 4.47. The highest BCUT2D eigenvalue weighted by Gasteiger charge is 2.30. The van der Waals surface area contributed by atoms with E-state index in [2.05, 4.69) is 35.0 Å². The average Bonchev–Trinajstić information content (AvgIpc) is 2.51. The highest BCUT2D eigenvalue weighted by atomic mass is 15.1. The molecule has 0 radical (unpaired) electrons. The van der Waals surface area contributed by atoms with Gasteiger partial charge in [0.05, 0.1) is 0 Å². The summed E-state index contributed by atoms with van der Waals surface area (Å²) < 4.78 is 0. The summed E-state index contributed by atoms with van der Waals surface area (Å²) in [6, 6.07) is 6.79. The van der Waals surface area contributed by atoms with Crippen LogP contribution in [-0.2, 0) is 6.54 Å². The van der Waals surface area contributed by atoms with E-state index in [4.69, 9.17) is 0 Å². The maximum absolute atomic E-state index is 3.68. The lowest BCUT2D eigenvalue weighted by Gasteiger charge is -2.26. The van der Waals surface area contributed by atoms with E-state index < -0.39 is 0 Å². The smallest absolute Gasteiger partial charge is 0.0459 e. The molecule has 2 nitrogen and oxygen atoms in total. The molecule has 1 saturated heterocycles. The number of nitrogens with one attached hydrogen (secondary N) is 1. The summed E-state index contributed by atoms with van der Waals surface area (Å²) in [7, 11) is 0. The van der Waals surface area contributed by atoms with Crippen LogP contribution in [0.5, 0.6) is 0 Å². The predicted molar refractivity (Wildman–Crippen MR) is 70.3 cm³/mol. The lowest BCUT2D eigenvalue weighted by Crippen LogP contribution is -2.28. The molecule has 4 heterocycles. The van der Waals surface area contributed by atoms with Gasteiger partial charge in [0.25, 0.3) is 0 Å². The fourth-order valence-corrected chi connectivity index (χ4v) is 3.50. The molecule has 1 aromatic heterocycles. The maximum atomic E-state index is 3.68. The molecule has 0 spiro atoms. The SMILES string of the molecule is Cc1ccc2[nH]c3c(c2c1)CN1CCC3CC1. The van der Waals surface area contributed by atoms with E-state index in [1.807, 2.05) is 0 Å². The minimum Gasteiger partial charge on any atom is -0.358 e. The van der Waals surface area contributed by atoms with Crippen LogP contribution in [0, 0.1) is 6.92 Å². The Morgan fingerprint density at radius 1 is 1.24 bits per heavy atom. The minimum atomic E-state index is 0.774. The Bertz CT molecular complexity index is 574. The molecule has 88 valence electrons. The molecule has 3 aliphatic heterocycles. The maximum Gasteiger partial charge on any atom is 0.0459 e. The monoisotopic (exact) mass is 226 g/mol. The van der Waals surface area contributed by atoms with Crippen molar-refractivity contribution in [1.82, 2.24) is 9.88 Å². The number of hydrogen-bond donors (Lipinski definition) is 1. The molecule has 3 aliphatic rings. The number of aromatic nitrogens is 1. The van der Waals surface area contributed by atoms with E-state index >= 15 is 0 Å². The summed E-state index contributed by atoms with van der Waals surface area (Å²) in [6.07, 6.45) is 2.66. The molecule has 5 rings (SSSR count). The molecule has 0 atom stereocenters. The topological polar surface area (TPSA) is 19.0 Å². The van der Waals surface area contributed by atoms with Gasteiger partial charge in [0.2, 0.25) is 0 Å². The van der Waals surface area contributed by atoms with Crippen LogP contribution in [0.1, 0.15) is 35.6 Å². The van der Waals surface area contributed by atoms with Crippen molar-refractivity contribution in [2.75, 3.05) is 13.1 Å². The van der Waals surface area contributed by atoms with Crippen LogP contribution in [0.2, 0.25) is 0 Å². The number of benzene rings is 1. The van der Waals surface area contributed by atoms with Gasteiger partial charge >= 0.3 is 0 Å². The standard InChI is InChI=1S/C15H18N2/c1-10-2-3-14-12(8-10)13-9-17-6-4-11(5-7-17)15(13)16-14/h2-3,8,11,16H,4-7,9H2,1H3. The number of nitrogens with zero attached hydrogens (tertiary/aromatic N) is 1. The zero-order valence-electron chi connectivity index (χ0n) is 10.3. The zero-order chi connectivity index (χ0) is 11.4. The number of rotatable bonds is 0. The van der Waals surface area contributed by atoms with Crippen molar-refractivity contribution < 1.29 is 0 Å². The predicted octanol–water partition coefficient (Wildman–Crippen LogP) is 3.17. The summed E-state index contributed by atoms with van der Waals surface area (Å²) in [6.45, 7) is 5.89. The third kappa shape index (κ3) is 1.37. The molecule has 17 heavy (non-hydrogen) atoms. The van der Waals surface area contributed by atoms with Crippen LogP contribution in [0.3, 0.4) is 0 Å². The van der Waals surface area contributed by atoms with Gasteiger partial charge in [-0.2, -0.15) is 0 Å². The van der Waals surface area contributed by atoms with Gasteiger partial charge in [-0.15, -0.1) is 0 Å². The fraction of sp³-hybridized carbons (Fsp3) is 0.467. The molecule has 1 fully saturated rings. The number of piperidine rings is 1. The molecule has 2 bridgehead atoms. The molecular formula is C15H18N2. The second-order valence-electron chi connectivity index (χ2n) is 5.62. The molecular weight excluding hydrogens is 208 g/mol. The van der Waals surface area contributed by atoms with Gasteiger partial charge in [-0.3, -0.25) is 4.90 Å². The van der Waals surface area contributed by atoms with Crippen LogP contribution in [0.25, 0.3) is 10.9 Å². The van der Waals surface area contributed by atoms with Crippen LogP contribution in [0.15, 0.2) is 18.2 Å². The Morgan fingerprint density at radius 2 is 2.06 bits per heavy atom. The molecule has 1 aromatic carbocycles. The second kappa shape index (κ2) is 3.36. The largest absolute Gasteiger partial charge is 0.358 e. The van der Waals surface area contributed by atoms with Crippen molar-refractivity contribution in [1.29, 1.82) is 0 Å². The summed E-state index contributed by atoms with van der Waals surface area (Å²) >= 11 is 0. The van der Waals surface area contributed by atoms with E-state index in [9.17, 15) is 0 Å². The van der Waals surface area contributed by atoms with Crippen LogP contribution in [0.4, 0.5) is 0 Å². The molecule has 0 saturated carbocycles. The van der Waals surface area contributed by atoms with Crippen LogP contribution >= 0.6 is 0 Å². The van der Waals surface area contributed by atoms with Gasteiger partial charge in [-0.1, -0.05) is 11.6 Å². The normalized spacial score (nSPS) is 27.1. The van der Waals surface area contributed by atoms with Gasteiger partial charge < -0.3 is 4.98 Å². The molecule has 0 aliphatic carbocycles. The van der Waals surface area contributed by atoms with Gasteiger partial charge in [0, 0.05) is 29.1 Å². The number of H-pyrrole nitrogens is 1. The quantitative estimate of drug-likeness (QED) is 0.731. The molecule has 0 amide bonds. The van der Waals surface area contributed by atoms with Crippen molar-refractivity contribution in [2.45, 2.75) is 32.2 Å². The Morgan fingerprint density at radius 3 is 2.88 bits per heavy atom. The van der Waals surface area contributed by atoms with E-state index in [1.54, 1.807) is 5.56 Å². The number of fused-ring (bicyclic) bond motifs is 3. The first-order valence-corrected chi connectivity index (χ1v) is 6.65. The summed E-state index contributed by atoms with van der Waals surface area (Å²) in [5, 5.41) is 1.46. The first kappa shape index (κ1) is 9.72. The Balaban J connectivity index is 1.99. The van der Waals surface area contributed by atoms with E-state index in [1.165, 1.54) is 48.1 Å².